The van der Waals surface area contributed by atoms with Crippen molar-refractivity contribution in [1.29, 1.82) is 0 Å². The molecule has 0 aliphatic heterocycles. The highest BCUT2D eigenvalue weighted by atomic mass is 16.5. The number of nitrogens with one attached hydrogen (secondary N) is 1. The van der Waals surface area contributed by atoms with Gasteiger partial charge in [0.15, 0.2) is 0 Å². The standard InChI is InChI=1S/C38H54N2O2/c1-6-8-28-11-13-29(14-12-28)30-15-17-32(18-16-30)38(41)42-33-21-19-31(20-22-33)36-23-34-35(39-36)9-7-10-37(34)40(24-26(2)3)25-27(4)5/h7,9-10,19-23,26-30,32,39H,6,8,11-18,24-25H2,1-5H3. The number of aromatic amines is 1. The lowest BCUT2D eigenvalue weighted by atomic mass is 9.69. The quantitative estimate of drug-likeness (QED) is 0.184. The van der Waals surface area contributed by atoms with Crippen LogP contribution < -0.4 is 9.64 Å². The Balaban J connectivity index is 1.18. The second-order valence-corrected chi connectivity index (χ2v) is 14.2. The molecule has 228 valence electrons. The number of carbonyl (C=O) groups excluding carboxylic acids is 1. The number of benzene rings is 2. The first-order valence-electron chi connectivity index (χ1n) is 17.0. The Bertz CT molecular complexity index is 1260. The maximum Gasteiger partial charge on any atom is 0.314 e. The molecule has 2 saturated carbocycles. The van der Waals surface area contributed by atoms with Gasteiger partial charge in [0.05, 0.1) is 5.92 Å². The van der Waals surface area contributed by atoms with Crippen LogP contribution in [0, 0.1) is 35.5 Å². The third-order valence-corrected chi connectivity index (χ3v) is 9.90. The lowest BCUT2D eigenvalue weighted by Crippen LogP contribution is -2.31. The molecule has 2 fully saturated rings. The van der Waals surface area contributed by atoms with Gasteiger partial charge in [-0.05, 0) is 116 Å². The summed E-state index contributed by atoms with van der Waals surface area (Å²) in [6.45, 7) is 13.5. The molecule has 1 aromatic heterocycles. The highest BCUT2D eigenvalue weighted by molar-refractivity contribution is 5.96. The van der Waals surface area contributed by atoms with Crippen molar-refractivity contribution >= 4 is 22.6 Å². The average molecular weight is 571 g/mol. The van der Waals surface area contributed by atoms with Crippen molar-refractivity contribution < 1.29 is 9.53 Å². The van der Waals surface area contributed by atoms with Gasteiger partial charge in [0.1, 0.15) is 5.75 Å². The minimum atomic E-state index is -0.0431. The molecule has 42 heavy (non-hydrogen) atoms. The SMILES string of the molecule is CCCC1CCC(C2CCC(C(=O)Oc3ccc(-c4cc5c(N(CC(C)C)CC(C)C)cccc5[nH]4)cc3)CC2)CC1. The molecule has 4 heteroatoms. The summed E-state index contributed by atoms with van der Waals surface area (Å²) in [5, 5.41) is 1.26. The second kappa shape index (κ2) is 14.1. The van der Waals surface area contributed by atoms with Crippen molar-refractivity contribution in [2.45, 2.75) is 98.8 Å². The van der Waals surface area contributed by atoms with Crippen molar-refractivity contribution in [2.75, 3.05) is 18.0 Å². The molecule has 3 aromatic rings. The smallest absolute Gasteiger partial charge is 0.314 e. The fourth-order valence-corrected chi connectivity index (χ4v) is 7.81. The molecule has 2 aliphatic rings. The summed E-state index contributed by atoms with van der Waals surface area (Å²) in [4.78, 5) is 19.2. The van der Waals surface area contributed by atoms with Crippen molar-refractivity contribution in [1.82, 2.24) is 4.98 Å². The first-order valence-corrected chi connectivity index (χ1v) is 17.0. The number of anilines is 1. The molecule has 1 heterocycles. The monoisotopic (exact) mass is 570 g/mol. The zero-order chi connectivity index (χ0) is 29.6. The van der Waals surface area contributed by atoms with Gasteiger partial charge in [0.25, 0.3) is 0 Å². The third-order valence-electron chi connectivity index (χ3n) is 9.90. The lowest BCUT2D eigenvalue weighted by molar-refractivity contribution is -0.140. The van der Waals surface area contributed by atoms with Crippen molar-refractivity contribution in [3.63, 3.8) is 0 Å². The van der Waals surface area contributed by atoms with E-state index in [2.05, 4.69) is 80.9 Å². The van der Waals surface area contributed by atoms with E-state index in [-0.39, 0.29) is 11.9 Å². The number of hydrogen-bond donors (Lipinski definition) is 1. The number of esters is 1. The van der Waals surface area contributed by atoms with Gasteiger partial charge < -0.3 is 14.6 Å². The zero-order valence-corrected chi connectivity index (χ0v) is 26.8. The number of aromatic nitrogens is 1. The molecule has 0 unspecified atom stereocenters. The summed E-state index contributed by atoms with van der Waals surface area (Å²) >= 11 is 0. The Morgan fingerprint density at radius 2 is 1.48 bits per heavy atom. The summed E-state index contributed by atoms with van der Waals surface area (Å²) in [6.07, 6.45) is 12.7. The molecule has 0 spiro atoms. The van der Waals surface area contributed by atoms with Gasteiger partial charge in [-0.25, -0.2) is 0 Å². The topological polar surface area (TPSA) is 45.3 Å². The van der Waals surface area contributed by atoms with E-state index < -0.39 is 0 Å². The summed E-state index contributed by atoms with van der Waals surface area (Å²) in [7, 11) is 0. The maximum absolute atomic E-state index is 13.1. The van der Waals surface area contributed by atoms with Crippen molar-refractivity contribution in [3.8, 4) is 17.0 Å². The number of fused-ring (bicyclic) bond motifs is 1. The Hall–Kier alpha value is -2.75. The van der Waals surface area contributed by atoms with E-state index in [0.717, 1.165) is 60.5 Å². The van der Waals surface area contributed by atoms with E-state index in [1.165, 1.54) is 62.4 Å². The van der Waals surface area contributed by atoms with Crippen LogP contribution in [0.3, 0.4) is 0 Å². The molecule has 1 N–H and O–H groups in total. The van der Waals surface area contributed by atoms with E-state index in [9.17, 15) is 4.79 Å². The summed E-state index contributed by atoms with van der Waals surface area (Å²) < 4.78 is 5.89. The number of rotatable bonds is 11. The van der Waals surface area contributed by atoms with E-state index >= 15 is 0 Å². The highest BCUT2D eigenvalue weighted by Crippen LogP contribution is 2.42. The van der Waals surface area contributed by atoms with E-state index in [1.807, 2.05) is 12.1 Å². The first-order chi connectivity index (χ1) is 20.3. The van der Waals surface area contributed by atoms with Crippen LogP contribution in [0.25, 0.3) is 22.2 Å². The van der Waals surface area contributed by atoms with Crippen molar-refractivity contribution in [2.24, 2.45) is 35.5 Å². The van der Waals surface area contributed by atoms with Crippen LogP contribution in [0.4, 0.5) is 5.69 Å². The predicted molar refractivity (Wildman–Crippen MR) is 177 cm³/mol. The molecule has 0 saturated heterocycles. The summed E-state index contributed by atoms with van der Waals surface area (Å²) in [6, 6.07) is 16.9. The van der Waals surface area contributed by atoms with Crippen molar-refractivity contribution in [3.05, 3.63) is 48.5 Å². The first kappa shape index (κ1) is 30.7. The number of hydrogen-bond acceptors (Lipinski definition) is 3. The Morgan fingerprint density at radius 1 is 0.857 bits per heavy atom. The fourth-order valence-electron chi connectivity index (χ4n) is 7.81. The number of nitrogens with zero attached hydrogens (tertiary/aromatic N) is 1. The average Bonchev–Trinajstić information content (AvgIpc) is 3.42. The van der Waals surface area contributed by atoms with Gasteiger partial charge in [0, 0.05) is 35.4 Å². The second-order valence-electron chi connectivity index (χ2n) is 14.2. The van der Waals surface area contributed by atoms with Crippen LogP contribution in [0.5, 0.6) is 5.75 Å². The number of H-pyrrole nitrogens is 1. The van der Waals surface area contributed by atoms with Crippen LogP contribution in [-0.2, 0) is 4.79 Å². The predicted octanol–water partition coefficient (Wildman–Crippen LogP) is 10.3. The summed E-state index contributed by atoms with van der Waals surface area (Å²) in [5.41, 5.74) is 4.64. The van der Waals surface area contributed by atoms with Gasteiger partial charge in [-0.2, -0.15) is 0 Å². The minimum Gasteiger partial charge on any atom is -0.426 e. The van der Waals surface area contributed by atoms with Gasteiger partial charge in [-0.15, -0.1) is 0 Å². The molecule has 0 radical (unpaired) electrons. The van der Waals surface area contributed by atoms with E-state index in [4.69, 9.17) is 4.74 Å². The normalized spacial score (nSPS) is 23.0. The number of carbonyl (C=O) groups is 1. The molecule has 0 atom stereocenters. The maximum atomic E-state index is 13.1. The van der Waals surface area contributed by atoms with Crippen LogP contribution in [0.2, 0.25) is 0 Å². The van der Waals surface area contributed by atoms with E-state index in [1.54, 1.807) is 0 Å². The third kappa shape index (κ3) is 7.60. The van der Waals surface area contributed by atoms with Crippen LogP contribution in [0.15, 0.2) is 48.5 Å². The molecular formula is C38H54N2O2. The Labute approximate surface area is 254 Å². The molecular weight excluding hydrogens is 516 g/mol. The Morgan fingerprint density at radius 3 is 2.07 bits per heavy atom. The molecule has 2 aliphatic carbocycles. The number of ether oxygens (including phenoxy) is 1. The molecule has 0 amide bonds. The van der Waals surface area contributed by atoms with E-state index in [0.29, 0.717) is 17.6 Å². The van der Waals surface area contributed by atoms with Gasteiger partial charge in [-0.1, -0.05) is 66.4 Å². The lowest BCUT2D eigenvalue weighted by Gasteiger charge is -2.37. The van der Waals surface area contributed by atoms with Gasteiger partial charge in [0.2, 0.25) is 0 Å². The van der Waals surface area contributed by atoms with Gasteiger partial charge >= 0.3 is 5.97 Å². The molecule has 5 rings (SSSR count). The molecule has 4 nitrogen and oxygen atoms in total. The molecule has 0 bridgehead atoms. The molecule has 2 aromatic carbocycles. The van der Waals surface area contributed by atoms with Gasteiger partial charge in [-0.3, -0.25) is 4.79 Å². The van der Waals surface area contributed by atoms with Crippen LogP contribution in [0.1, 0.15) is 98.8 Å². The van der Waals surface area contributed by atoms with Crippen LogP contribution >= 0.6 is 0 Å². The zero-order valence-electron chi connectivity index (χ0n) is 26.8. The van der Waals surface area contributed by atoms with Crippen LogP contribution in [-0.4, -0.2) is 24.0 Å². The summed E-state index contributed by atoms with van der Waals surface area (Å²) in [5.74, 6) is 4.51. The fraction of sp³-hybridized carbons (Fsp3) is 0.605. The largest absolute Gasteiger partial charge is 0.426 e. The minimum absolute atomic E-state index is 0.0431. The highest BCUT2D eigenvalue weighted by Gasteiger charge is 2.33. The Kier molecular flexibility index (Phi) is 10.3.